The zero-order valence-electron chi connectivity index (χ0n) is 18.1. The van der Waals surface area contributed by atoms with E-state index in [4.69, 9.17) is 21.1 Å². The summed E-state index contributed by atoms with van der Waals surface area (Å²) in [6.45, 7) is 3.92. The van der Waals surface area contributed by atoms with Crippen LogP contribution in [0.15, 0.2) is 89.1 Å². The number of rotatable bonds is 4. The highest BCUT2D eigenvalue weighted by Crippen LogP contribution is 2.39. The van der Waals surface area contributed by atoms with Crippen LogP contribution in [0.5, 0.6) is 0 Å². The number of carbonyl (C=O) groups excluding carboxylic acids is 1. The molecule has 0 fully saturated rings. The minimum Gasteiger partial charge on any atom is -0.334 e. The van der Waals surface area contributed by atoms with Crippen molar-refractivity contribution in [1.29, 1.82) is 0 Å². The first-order chi connectivity index (χ1) is 16.0. The highest BCUT2D eigenvalue weighted by molar-refractivity contribution is 6.30. The number of para-hydroxylation sites is 1. The lowest BCUT2D eigenvalue weighted by atomic mass is 9.94. The Bertz CT molecular complexity index is 1330. The van der Waals surface area contributed by atoms with Crippen molar-refractivity contribution in [2.45, 2.75) is 19.9 Å². The lowest BCUT2D eigenvalue weighted by Crippen LogP contribution is -2.46. The van der Waals surface area contributed by atoms with Gasteiger partial charge in [0.05, 0.1) is 17.3 Å². The molecule has 2 heterocycles. The number of allylic oxidation sites excluding steroid dienone is 1. The molecule has 2 amide bonds. The number of nitrogens with one attached hydrogen (secondary N) is 1. The molecule has 164 valence electrons. The van der Waals surface area contributed by atoms with Crippen LogP contribution in [0, 0.1) is 6.92 Å². The molecule has 6 nitrogen and oxygen atoms in total. The molecule has 0 aliphatic carbocycles. The summed E-state index contributed by atoms with van der Waals surface area (Å²) in [4.78, 5) is 19.5. The molecule has 1 unspecified atom stereocenters. The van der Waals surface area contributed by atoms with Crippen molar-refractivity contribution in [3.8, 4) is 11.4 Å². The fraction of sp³-hybridized carbons (Fsp3) is 0.115. The molecule has 33 heavy (non-hydrogen) atoms. The normalized spacial score (nSPS) is 16.2. The van der Waals surface area contributed by atoms with Crippen molar-refractivity contribution >= 4 is 28.9 Å². The second-order valence-corrected chi connectivity index (χ2v) is 8.33. The van der Waals surface area contributed by atoms with Crippen LogP contribution in [0.25, 0.3) is 17.0 Å². The molecule has 7 heteroatoms. The summed E-state index contributed by atoms with van der Waals surface area (Å²) >= 11 is 6.10. The molecule has 3 aromatic carbocycles. The Kier molecular flexibility index (Phi) is 5.44. The van der Waals surface area contributed by atoms with E-state index in [9.17, 15) is 4.79 Å². The van der Waals surface area contributed by atoms with Gasteiger partial charge in [-0.15, -0.1) is 0 Å². The van der Waals surface area contributed by atoms with Crippen molar-refractivity contribution in [1.82, 2.24) is 15.5 Å². The van der Waals surface area contributed by atoms with E-state index >= 15 is 0 Å². The summed E-state index contributed by atoms with van der Waals surface area (Å²) in [7, 11) is 0. The van der Waals surface area contributed by atoms with Gasteiger partial charge in [0, 0.05) is 16.3 Å². The number of benzene rings is 3. The Labute approximate surface area is 196 Å². The number of carbonyl (C=O) groups is 1. The van der Waals surface area contributed by atoms with Gasteiger partial charge >= 0.3 is 6.03 Å². The number of halogens is 1. The molecule has 1 aliphatic heterocycles. The number of anilines is 1. The number of aromatic nitrogens is 2. The second-order valence-electron chi connectivity index (χ2n) is 7.89. The molecule has 4 aromatic rings. The van der Waals surface area contributed by atoms with Gasteiger partial charge in [0.1, 0.15) is 0 Å². The first-order valence-electron chi connectivity index (χ1n) is 10.5. The molecule has 1 N–H and O–H groups in total. The molecule has 1 atom stereocenters. The minimum absolute atomic E-state index is 0.235. The molecule has 0 radical (unpaired) electrons. The van der Waals surface area contributed by atoms with E-state index in [0.717, 1.165) is 28.0 Å². The Morgan fingerprint density at radius 1 is 0.939 bits per heavy atom. The van der Waals surface area contributed by atoms with Crippen molar-refractivity contribution in [2.24, 2.45) is 0 Å². The van der Waals surface area contributed by atoms with Gasteiger partial charge in [0.25, 0.3) is 5.89 Å². The van der Waals surface area contributed by atoms with E-state index in [0.29, 0.717) is 22.4 Å². The molecule has 0 spiro atoms. The molecule has 1 aliphatic rings. The van der Waals surface area contributed by atoms with Gasteiger partial charge in [-0.1, -0.05) is 76.9 Å². The smallest absolute Gasteiger partial charge is 0.326 e. The van der Waals surface area contributed by atoms with Crippen LogP contribution in [-0.4, -0.2) is 16.2 Å². The van der Waals surface area contributed by atoms with Gasteiger partial charge < -0.3 is 9.84 Å². The predicted molar refractivity (Wildman–Crippen MR) is 129 cm³/mol. The molecule has 0 bridgehead atoms. The monoisotopic (exact) mass is 456 g/mol. The first kappa shape index (κ1) is 21.0. The van der Waals surface area contributed by atoms with Crippen LogP contribution in [0.3, 0.4) is 0 Å². The average Bonchev–Trinajstić information content (AvgIpc) is 3.30. The standard InChI is InChI=1S/C26H21ClN4O2/c1-16-8-10-19(11-9-16)24-29-25(33-30-24)22-17(2)31(21-6-4-3-5-7-21)26(32)28-23(22)18-12-14-20(27)15-13-18/h3-15,23H,1-2H3,(H,28,32). The summed E-state index contributed by atoms with van der Waals surface area (Å²) in [5.41, 5.74) is 5.06. The average molecular weight is 457 g/mol. The minimum atomic E-state index is -0.471. The maximum atomic E-state index is 13.2. The lowest BCUT2D eigenvalue weighted by Gasteiger charge is -2.35. The van der Waals surface area contributed by atoms with Crippen molar-refractivity contribution < 1.29 is 9.32 Å². The summed E-state index contributed by atoms with van der Waals surface area (Å²) < 4.78 is 5.73. The lowest BCUT2D eigenvalue weighted by molar-refractivity contribution is 0.244. The van der Waals surface area contributed by atoms with E-state index < -0.39 is 6.04 Å². The van der Waals surface area contributed by atoms with Crippen LogP contribution in [0.1, 0.15) is 30.0 Å². The third-order valence-corrected chi connectivity index (χ3v) is 5.92. The van der Waals surface area contributed by atoms with E-state index in [1.807, 2.05) is 80.6 Å². The van der Waals surface area contributed by atoms with E-state index in [1.165, 1.54) is 0 Å². The fourth-order valence-corrected chi connectivity index (χ4v) is 4.09. The summed E-state index contributed by atoms with van der Waals surface area (Å²) in [5, 5.41) is 7.93. The van der Waals surface area contributed by atoms with Crippen LogP contribution >= 0.6 is 11.6 Å². The maximum Gasteiger partial charge on any atom is 0.326 e. The molecule has 0 saturated heterocycles. The summed E-state index contributed by atoms with van der Waals surface area (Å²) in [6.07, 6.45) is 0. The number of hydrogen-bond acceptors (Lipinski definition) is 4. The summed E-state index contributed by atoms with van der Waals surface area (Å²) in [6, 6.07) is 24.0. The zero-order valence-corrected chi connectivity index (χ0v) is 18.9. The number of nitrogens with zero attached hydrogens (tertiary/aromatic N) is 3. The van der Waals surface area contributed by atoms with Crippen molar-refractivity contribution in [3.63, 3.8) is 0 Å². The highest BCUT2D eigenvalue weighted by atomic mass is 35.5. The molecular weight excluding hydrogens is 436 g/mol. The molecule has 5 rings (SSSR count). The van der Waals surface area contributed by atoms with E-state index in [2.05, 4.69) is 10.5 Å². The van der Waals surface area contributed by atoms with Crippen LogP contribution < -0.4 is 10.2 Å². The van der Waals surface area contributed by atoms with Crippen molar-refractivity contribution in [2.75, 3.05) is 4.90 Å². The third kappa shape index (κ3) is 4.01. The van der Waals surface area contributed by atoms with Crippen LogP contribution in [-0.2, 0) is 0 Å². The number of hydrogen-bond donors (Lipinski definition) is 1. The van der Waals surface area contributed by atoms with Gasteiger partial charge in [0.15, 0.2) is 0 Å². The van der Waals surface area contributed by atoms with Crippen molar-refractivity contribution in [3.05, 3.63) is 107 Å². The van der Waals surface area contributed by atoms with E-state index in [-0.39, 0.29) is 6.03 Å². The fourth-order valence-electron chi connectivity index (χ4n) is 3.97. The summed E-state index contributed by atoms with van der Waals surface area (Å²) in [5.74, 6) is 0.840. The number of amides is 2. The topological polar surface area (TPSA) is 71.3 Å². The van der Waals surface area contributed by atoms with Gasteiger partial charge in [-0.2, -0.15) is 4.98 Å². The van der Waals surface area contributed by atoms with E-state index in [1.54, 1.807) is 17.0 Å². The molecule has 1 aromatic heterocycles. The Morgan fingerprint density at radius 3 is 2.33 bits per heavy atom. The Morgan fingerprint density at radius 2 is 1.64 bits per heavy atom. The second kappa shape index (κ2) is 8.56. The number of urea groups is 1. The highest BCUT2D eigenvalue weighted by Gasteiger charge is 2.36. The molecular formula is C26H21ClN4O2. The maximum absolute atomic E-state index is 13.2. The van der Waals surface area contributed by atoms with Gasteiger partial charge in [0.2, 0.25) is 5.82 Å². The quantitative estimate of drug-likeness (QED) is 0.385. The van der Waals surface area contributed by atoms with Gasteiger partial charge in [-0.05, 0) is 43.7 Å². The van der Waals surface area contributed by atoms with Crippen LogP contribution in [0.2, 0.25) is 5.02 Å². The Hall–Kier alpha value is -3.90. The van der Waals surface area contributed by atoms with Gasteiger partial charge in [-0.3, -0.25) is 4.90 Å². The third-order valence-electron chi connectivity index (χ3n) is 5.67. The largest absolute Gasteiger partial charge is 0.334 e. The zero-order chi connectivity index (χ0) is 22.9. The SMILES string of the molecule is CC1=C(c2nc(-c3ccc(C)cc3)no2)C(c2ccc(Cl)cc2)NC(=O)N1c1ccccc1. The van der Waals surface area contributed by atoms with Gasteiger partial charge in [-0.25, -0.2) is 4.79 Å². The predicted octanol–water partition coefficient (Wildman–Crippen LogP) is 6.40. The first-order valence-corrected chi connectivity index (χ1v) is 10.9. The van der Waals surface area contributed by atoms with Crippen LogP contribution in [0.4, 0.5) is 10.5 Å². The number of aryl methyl sites for hydroxylation is 1. The Balaban J connectivity index is 1.64. The molecule has 0 saturated carbocycles.